The number of carbonyl (C=O) groups excluding carboxylic acids is 3. The number of rotatable bonds is 1. The summed E-state index contributed by atoms with van der Waals surface area (Å²) in [5.41, 5.74) is 6.28. The molecule has 7 nitrogen and oxygen atoms in total. The van der Waals surface area contributed by atoms with Crippen LogP contribution in [0, 0.1) is 0 Å². The summed E-state index contributed by atoms with van der Waals surface area (Å²) >= 11 is 1.35. The van der Waals surface area contributed by atoms with Gasteiger partial charge < -0.3 is 5.73 Å². The molecule has 0 unspecified atom stereocenters. The third-order valence-electron chi connectivity index (χ3n) is 2.65. The lowest BCUT2D eigenvalue weighted by Crippen LogP contribution is -2.46. The molecule has 3 amide bonds. The van der Waals surface area contributed by atoms with Gasteiger partial charge in [0.25, 0.3) is 0 Å². The molecule has 1 heterocycles. The number of nitrogens with zero attached hydrogens (tertiary/aromatic N) is 2. The van der Waals surface area contributed by atoms with E-state index < -0.39 is 17.7 Å². The lowest BCUT2D eigenvalue weighted by atomic mass is 10.2. The van der Waals surface area contributed by atoms with E-state index in [0.29, 0.717) is 17.4 Å². The van der Waals surface area contributed by atoms with Gasteiger partial charge in [-0.2, -0.15) is 0 Å². The van der Waals surface area contributed by atoms with Crippen molar-refractivity contribution in [1.82, 2.24) is 5.32 Å². The van der Waals surface area contributed by atoms with Gasteiger partial charge in [-0.25, -0.2) is 4.90 Å². The standard InChI is InChI=1S/C13H14N4O3S/c1-8(18)17(10-4-2-3-9(14)7-10)12(20)11(19)16-13-15-5-6-21-13/h2-4,7H,5-6,14H2,1H3,(H,15,16,19). The first-order valence-corrected chi connectivity index (χ1v) is 7.16. The second kappa shape index (κ2) is 6.40. The van der Waals surface area contributed by atoms with Crippen molar-refractivity contribution in [3.05, 3.63) is 24.3 Å². The summed E-state index contributed by atoms with van der Waals surface area (Å²) in [4.78, 5) is 40.6. The van der Waals surface area contributed by atoms with Crippen molar-refractivity contribution >= 4 is 46.0 Å². The molecule has 110 valence electrons. The van der Waals surface area contributed by atoms with E-state index in [1.807, 2.05) is 0 Å². The Bertz CT molecular complexity index is 630. The molecule has 8 heteroatoms. The van der Waals surface area contributed by atoms with Gasteiger partial charge in [0, 0.05) is 18.4 Å². The maximum Gasteiger partial charge on any atom is 0.323 e. The van der Waals surface area contributed by atoms with Crippen LogP contribution in [0.2, 0.25) is 0 Å². The van der Waals surface area contributed by atoms with E-state index in [1.165, 1.54) is 30.8 Å². The highest BCUT2D eigenvalue weighted by atomic mass is 32.2. The molecule has 0 saturated carbocycles. The van der Waals surface area contributed by atoms with Crippen LogP contribution in [-0.4, -0.2) is 35.2 Å². The highest BCUT2D eigenvalue weighted by molar-refractivity contribution is 8.14. The number of nitrogen functional groups attached to an aromatic ring is 1. The fourth-order valence-electron chi connectivity index (χ4n) is 1.77. The van der Waals surface area contributed by atoms with Crippen LogP contribution in [0.4, 0.5) is 11.4 Å². The number of imide groups is 1. The number of amidine groups is 1. The number of hydrogen-bond acceptors (Lipinski definition) is 6. The zero-order chi connectivity index (χ0) is 15.4. The van der Waals surface area contributed by atoms with Crippen molar-refractivity contribution in [3.8, 4) is 0 Å². The van der Waals surface area contributed by atoms with Crippen molar-refractivity contribution in [3.63, 3.8) is 0 Å². The van der Waals surface area contributed by atoms with E-state index in [0.717, 1.165) is 10.7 Å². The third-order valence-corrected chi connectivity index (χ3v) is 3.54. The van der Waals surface area contributed by atoms with Gasteiger partial charge in [-0.05, 0) is 18.2 Å². The molecule has 0 aromatic heterocycles. The van der Waals surface area contributed by atoms with Crippen LogP contribution in [-0.2, 0) is 14.4 Å². The zero-order valence-corrected chi connectivity index (χ0v) is 12.1. The summed E-state index contributed by atoms with van der Waals surface area (Å²) in [6.07, 6.45) is 0. The minimum Gasteiger partial charge on any atom is -0.399 e. The highest BCUT2D eigenvalue weighted by Gasteiger charge is 2.28. The van der Waals surface area contributed by atoms with Gasteiger partial charge in [0.1, 0.15) is 0 Å². The molecule has 3 N–H and O–H groups in total. The molecule has 1 aliphatic heterocycles. The SMILES string of the molecule is CC(=O)N(C(=O)C(=O)NC1=NCCS1)c1cccc(N)c1. The predicted octanol–water partition coefficient (Wildman–Crippen LogP) is 0.367. The maximum atomic E-state index is 12.2. The van der Waals surface area contributed by atoms with E-state index in [-0.39, 0.29) is 5.69 Å². The quantitative estimate of drug-likeness (QED) is 0.576. The normalized spacial score (nSPS) is 13.5. The summed E-state index contributed by atoms with van der Waals surface area (Å²) in [7, 11) is 0. The first kappa shape index (κ1) is 15.0. The number of amides is 3. The van der Waals surface area contributed by atoms with E-state index in [4.69, 9.17) is 5.73 Å². The Kier molecular flexibility index (Phi) is 4.59. The van der Waals surface area contributed by atoms with Crippen LogP contribution in [0.25, 0.3) is 0 Å². The molecule has 0 bridgehead atoms. The summed E-state index contributed by atoms with van der Waals surface area (Å²) in [6, 6.07) is 6.21. The van der Waals surface area contributed by atoms with Gasteiger partial charge in [0.05, 0.1) is 12.2 Å². The number of aliphatic imine (C=N–C) groups is 1. The van der Waals surface area contributed by atoms with Crippen LogP contribution in [0.15, 0.2) is 29.3 Å². The van der Waals surface area contributed by atoms with Gasteiger partial charge >= 0.3 is 11.8 Å². The first-order valence-electron chi connectivity index (χ1n) is 6.18. The number of nitrogens with two attached hydrogens (primary N) is 1. The fraction of sp³-hybridized carbons (Fsp3) is 0.231. The Morgan fingerprint density at radius 2 is 2.14 bits per heavy atom. The van der Waals surface area contributed by atoms with Crippen molar-refractivity contribution in [2.24, 2.45) is 4.99 Å². The van der Waals surface area contributed by atoms with Gasteiger partial charge in [0.15, 0.2) is 5.17 Å². The average molecular weight is 306 g/mol. The van der Waals surface area contributed by atoms with Crippen LogP contribution in [0.5, 0.6) is 0 Å². The largest absolute Gasteiger partial charge is 0.399 e. The Balaban J connectivity index is 2.19. The highest BCUT2D eigenvalue weighted by Crippen LogP contribution is 2.18. The zero-order valence-electron chi connectivity index (χ0n) is 11.3. The van der Waals surface area contributed by atoms with Gasteiger partial charge in [0.2, 0.25) is 5.91 Å². The van der Waals surface area contributed by atoms with Gasteiger partial charge in [-0.1, -0.05) is 17.8 Å². The summed E-state index contributed by atoms with van der Waals surface area (Å²) in [5, 5.41) is 2.79. The number of anilines is 2. The summed E-state index contributed by atoms with van der Waals surface area (Å²) in [6.45, 7) is 1.80. The number of benzene rings is 1. The van der Waals surface area contributed by atoms with Crippen molar-refractivity contribution in [2.45, 2.75) is 6.92 Å². The minimum absolute atomic E-state index is 0.253. The van der Waals surface area contributed by atoms with Gasteiger partial charge in [-0.15, -0.1) is 0 Å². The molecular weight excluding hydrogens is 292 g/mol. The molecule has 21 heavy (non-hydrogen) atoms. The van der Waals surface area contributed by atoms with E-state index >= 15 is 0 Å². The van der Waals surface area contributed by atoms with Crippen LogP contribution in [0.1, 0.15) is 6.92 Å². The van der Waals surface area contributed by atoms with Crippen molar-refractivity contribution in [1.29, 1.82) is 0 Å². The number of hydrogen-bond donors (Lipinski definition) is 2. The summed E-state index contributed by atoms with van der Waals surface area (Å²) in [5.74, 6) is -1.68. The number of carbonyl (C=O) groups is 3. The van der Waals surface area contributed by atoms with Crippen LogP contribution in [0.3, 0.4) is 0 Å². The Morgan fingerprint density at radius 1 is 1.38 bits per heavy atom. The fourth-order valence-corrected chi connectivity index (χ4v) is 2.49. The molecule has 0 spiro atoms. The van der Waals surface area contributed by atoms with E-state index in [1.54, 1.807) is 12.1 Å². The van der Waals surface area contributed by atoms with Crippen molar-refractivity contribution in [2.75, 3.05) is 22.9 Å². The average Bonchev–Trinajstić information content (AvgIpc) is 2.91. The topological polar surface area (TPSA) is 105 Å². The molecule has 0 radical (unpaired) electrons. The van der Waals surface area contributed by atoms with Crippen molar-refractivity contribution < 1.29 is 14.4 Å². The monoisotopic (exact) mass is 306 g/mol. The second-order valence-electron chi connectivity index (χ2n) is 4.24. The second-order valence-corrected chi connectivity index (χ2v) is 5.33. The van der Waals surface area contributed by atoms with E-state index in [2.05, 4.69) is 10.3 Å². The van der Waals surface area contributed by atoms with Gasteiger partial charge in [-0.3, -0.25) is 24.7 Å². The number of nitrogens with one attached hydrogen (secondary N) is 1. The lowest BCUT2D eigenvalue weighted by Gasteiger charge is -2.18. The third kappa shape index (κ3) is 3.60. The lowest BCUT2D eigenvalue weighted by molar-refractivity contribution is -0.138. The Morgan fingerprint density at radius 3 is 2.71 bits per heavy atom. The molecule has 0 fully saturated rings. The molecule has 1 aromatic carbocycles. The predicted molar refractivity (Wildman–Crippen MR) is 81.9 cm³/mol. The summed E-state index contributed by atoms with van der Waals surface area (Å²) < 4.78 is 0. The number of thioether (sulfide) groups is 1. The smallest absolute Gasteiger partial charge is 0.323 e. The van der Waals surface area contributed by atoms with Crippen LogP contribution >= 0.6 is 11.8 Å². The maximum absolute atomic E-state index is 12.2. The van der Waals surface area contributed by atoms with Crippen LogP contribution < -0.4 is 16.0 Å². The molecule has 0 saturated heterocycles. The Hall–Kier alpha value is -2.35. The molecule has 0 aliphatic carbocycles. The Labute approximate surface area is 125 Å². The molecule has 2 rings (SSSR count). The molecule has 1 aliphatic rings. The molecule has 0 atom stereocenters. The molecular formula is C13H14N4O3S. The van der Waals surface area contributed by atoms with E-state index in [9.17, 15) is 14.4 Å². The molecule has 1 aromatic rings. The first-order chi connectivity index (χ1) is 9.99. The minimum atomic E-state index is -0.969.